The summed E-state index contributed by atoms with van der Waals surface area (Å²) >= 11 is 0. The molecule has 1 fully saturated rings. The first-order chi connectivity index (χ1) is 16.3. The van der Waals surface area contributed by atoms with Crippen LogP contribution in [-0.4, -0.2) is 56.6 Å². The van der Waals surface area contributed by atoms with Crippen molar-refractivity contribution in [1.82, 2.24) is 24.5 Å². The SMILES string of the molecule is Cc1ccccc1-c1nnc2c3ccccc3nc(N3CCCN(C(=O)CC(C)(C)C)CC3)n12. The molecule has 0 atom stereocenters. The van der Waals surface area contributed by atoms with Gasteiger partial charge >= 0.3 is 0 Å². The largest absolute Gasteiger partial charge is 0.341 e. The van der Waals surface area contributed by atoms with Gasteiger partial charge in [0.15, 0.2) is 11.5 Å². The number of carbonyl (C=O) groups is 1. The lowest BCUT2D eigenvalue weighted by Crippen LogP contribution is -2.37. The molecule has 1 saturated heterocycles. The molecule has 0 N–H and O–H groups in total. The highest BCUT2D eigenvalue weighted by atomic mass is 16.2. The van der Waals surface area contributed by atoms with Gasteiger partial charge in [0, 0.05) is 43.5 Å². The van der Waals surface area contributed by atoms with Gasteiger partial charge in [0.25, 0.3) is 0 Å². The number of nitrogens with zero attached hydrogens (tertiary/aromatic N) is 6. The van der Waals surface area contributed by atoms with E-state index in [2.05, 4.69) is 59.3 Å². The van der Waals surface area contributed by atoms with Crippen molar-refractivity contribution in [2.45, 2.75) is 40.5 Å². The van der Waals surface area contributed by atoms with Crippen molar-refractivity contribution < 1.29 is 4.79 Å². The van der Waals surface area contributed by atoms with Crippen LogP contribution in [0.2, 0.25) is 0 Å². The highest BCUT2D eigenvalue weighted by Crippen LogP contribution is 2.30. The van der Waals surface area contributed by atoms with Crippen molar-refractivity contribution in [2.24, 2.45) is 5.41 Å². The smallest absolute Gasteiger partial charge is 0.223 e. The van der Waals surface area contributed by atoms with E-state index in [1.165, 1.54) is 0 Å². The number of anilines is 1. The monoisotopic (exact) mass is 456 g/mol. The third kappa shape index (κ3) is 4.22. The Bertz CT molecular complexity index is 1350. The number of amides is 1. The van der Waals surface area contributed by atoms with Crippen LogP contribution in [0.5, 0.6) is 0 Å². The lowest BCUT2D eigenvalue weighted by atomic mass is 9.91. The van der Waals surface area contributed by atoms with E-state index in [1.807, 2.05) is 41.3 Å². The molecule has 1 aliphatic rings. The molecule has 0 unspecified atom stereocenters. The van der Waals surface area contributed by atoms with Crippen molar-refractivity contribution >= 4 is 28.4 Å². The van der Waals surface area contributed by atoms with Gasteiger partial charge in [0.05, 0.1) is 5.52 Å². The lowest BCUT2D eigenvalue weighted by molar-refractivity contribution is -0.132. The first kappa shape index (κ1) is 22.3. The average molecular weight is 457 g/mol. The molecule has 2 aromatic heterocycles. The number of aromatic nitrogens is 4. The Morgan fingerprint density at radius 2 is 1.71 bits per heavy atom. The number of fused-ring (bicyclic) bond motifs is 3. The van der Waals surface area contributed by atoms with E-state index < -0.39 is 0 Å². The molecule has 34 heavy (non-hydrogen) atoms. The summed E-state index contributed by atoms with van der Waals surface area (Å²) in [5, 5.41) is 10.2. The van der Waals surface area contributed by atoms with Gasteiger partial charge in [-0.2, -0.15) is 0 Å². The van der Waals surface area contributed by atoms with Crippen molar-refractivity contribution in [2.75, 3.05) is 31.1 Å². The van der Waals surface area contributed by atoms with Gasteiger partial charge < -0.3 is 9.80 Å². The van der Waals surface area contributed by atoms with Crippen LogP contribution < -0.4 is 4.90 Å². The van der Waals surface area contributed by atoms with Crippen molar-refractivity contribution in [1.29, 1.82) is 0 Å². The predicted molar refractivity (Wildman–Crippen MR) is 136 cm³/mol. The van der Waals surface area contributed by atoms with Crippen molar-refractivity contribution in [3.8, 4) is 11.4 Å². The Morgan fingerprint density at radius 3 is 2.50 bits per heavy atom. The van der Waals surface area contributed by atoms with Crippen LogP contribution in [0, 0.1) is 12.3 Å². The first-order valence-electron chi connectivity index (χ1n) is 12.0. The number of para-hydroxylation sites is 1. The number of benzene rings is 2. The van der Waals surface area contributed by atoms with E-state index in [9.17, 15) is 4.79 Å². The molecule has 0 spiro atoms. The molecular formula is C27H32N6O. The fraction of sp³-hybridized carbons (Fsp3) is 0.407. The number of hydrogen-bond donors (Lipinski definition) is 0. The maximum Gasteiger partial charge on any atom is 0.223 e. The highest BCUT2D eigenvalue weighted by Gasteiger charge is 2.26. The lowest BCUT2D eigenvalue weighted by Gasteiger charge is -2.26. The molecule has 0 bridgehead atoms. The fourth-order valence-corrected chi connectivity index (χ4v) is 4.71. The molecule has 1 aliphatic heterocycles. The maximum absolute atomic E-state index is 12.9. The zero-order valence-corrected chi connectivity index (χ0v) is 20.5. The van der Waals surface area contributed by atoms with Gasteiger partial charge in [-0.1, -0.05) is 57.2 Å². The molecule has 0 aliphatic carbocycles. The summed E-state index contributed by atoms with van der Waals surface area (Å²) in [7, 11) is 0. The van der Waals surface area contributed by atoms with E-state index in [1.54, 1.807) is 0 Å². The summed E-state index contributed by atoms with van der Waals surface area (Å²) in [6, 6.07) is 16.3. The highest BCUT2D eigenvalue weighted by molar-refractivity contribution is 5.93. The summed E-state index contributed by atoms with van der Waals surface area (Å²) in [6.07, 6.45) is 1.46. The zero-order valence-electron chi connectivity index (χ0n) is 20.5. The molecule has 4 aromatic rings. The molecular weight excluding hydrogens is 424 g/mol. The van der Waals surface area contributed by atoms with Crippen LogP contribution in [0.25, 0.3) is 27.9 Å². The minimum atomic E-state index is -0.0138. The van der Waals surface area contributed by atoms with Crippen LogP contribution in [-0.2, 0) is 4.79 Å². The van der Waals surface area contributed by atoms with E-state index >= 15 is 0 Å². The summed E-state index contributed by atoms with van der Waals surface area (Å²) < 4.78 is 2.09. The van der Waals surface area contributed by atoms with E-state index in [4.69, 9.17) is 4.98 Å². The van der Waals surface area contributed by atoms with Crippen molar-refractivity contribution in [3.63, 3.8) is 0 Å². The van der Waals surface area contributed by atoms with Crippen LogP contribution in [0.15, 0.2) is 48.5 Å². The molecule has 3 heterocycles. The number of carbonyl (C=O) groups excluding carboxylic acids is 1. The quantitative estimate of drug-likeness (QED) is 0.446. The zero-order chi connectivity index (χ0) is 23.9. The van der Waals surface area contributed by atoms with Gasteiger partial charge in [0.2, 0.25) is 11.9 Å². The Balaban J connectivity index is 1.58. The molecule has 0 saturated carbocycles. The second kappa shape index (κ2) is 8.70. The Kier molecular flexibility index (Phi) is 5.71. The summed E-state index contributed by atoms with van der Waals surface area (Å²) in [6.45, 7) is 11.4. The molecule has 7 heteroatoms. The topological polar surface area (TPSA) is 66.6 Å². The van der Waals surface area contributed by atoms with E-state index in [0.29, 0.717) is 13.0 Å². The molecule has 176 valence electrons. The van der Waals surface area contributed by atoms with Gasteiger partial charge in [-0.05, 0) is 36.5 Å². The van der Waals surface area contributed by atoms with E-state index in [-0.39, 0.29) is 11.3 Å². The minimum Gasteiger partial charge on any atom is -0.341 e. The predicted octanol–water partition coefficient (Wildman–Crippen LogP) is 4.73. The third-order valence-corrected chi connectivity index (χ3v) is 6.43. The molecule has 2 aromatic carbocycles. The molecule has 5 rings (SSSR count). The Morgan fingerprint density at radius 1 is 0.941 bits per heavy atom. The minimum absolute atomic E-state index is 0.0138. The molecule has 7 nitrogen and oxygen atoms in total. The van der Waals surface area contributed by atoms with Gasteiger partial charge in [-0.3, -0.25) is 4.79 Å². The number of aryl methyl sites for hydroxylation is 1. The van der Waals surface area contributed by atoms with Gasteiger partial charge in [-0.25, -0.2) is 9.38 Å². The van der Waals surface area contributed by atoms with Crippen LogP contribution >= 0.6 is 0 Å². The maximum atomic E-state index is 12.9. The molecule has 0 radical (unpaired) electrons. The first-order valence-corrected chi connectivity index (χ1v) is 12.0. The van der Waals surface area contributed by atoms with Crippen LogP contribution in [0.3, 0.4) is 0 Å². The van der Waals surface area contributed by atoms with Crippen LogP contribution in [0.4, 0.5) is 5.95 Å². The van der Waals surface area contributed by atoms with Gasteiger partial charge in [-0.15, -0.1) is 10.2 Å². The standard InChI is InChI=1S/C27H32N6O/c1-19-10-5-6-11-20(19)24-29-30-25-21-12-7-8-13-22(21)28-26(33(24)25)32-15-9-14-31(16-17-32)23(34)18-27(2,3)4/h5-8,10-13H,9,14-18H2,1-4H3. The van der Waals surface area contributed by atoms with Crippen molar-refractivity contribution in [3.05, 3.63) is 54.1 Å². The Labute approximate surface area is 200 Å². The average Bonchev–Trinajstić information content (AvgIpc) is 3.08. The normalized spacial score (nSPS) is 15.2. The second-order valence-corrected chi connectivity index (χ2v) is 10.4. The fourth-order valence-electron chi connectivity index (χ4n) is 4.71. The second-order valence-electron chi connectivity index (χ2n) is 10.4. The number of rotatable bonds is 3. The number of hydrogen-bond acceptors (Lipinski definition) is 5. The summed E-state index contributed by atoms with van der Waals surface area (Å²) in [5.41, 5.74) is 3.89. The Hall–Kier alpha value is -3.48. The summed E-state index contributed by atoms with van der Waals surface area (Å²) in [5.74, 6) is 1.87. The third-order valence-electron chi connectivity index (χ3n) is 6.43. The molecule has 1 amide bonds. The van der Waals surface area contributed by atoms with E-state index in [0.717, 1.165) is 65.5 Å². The van der Waals surface area contributed by atoms with Crippen LogP contribution in [0.1, 0.15) is 39.2 Å². The summed E-state index contributed by atoms with van der Waals surface area (Å²) in [4.78, 5) is 22.3. The van der Waals surface area contributed by atoms with Gasteiger partial charge in [0.1, 0.15) is 0 Å².